The van der Waals surface area contributed by atoms with E-state index in [-0.39, 0.29) is 18.2 Å². The molecule has 6 heteroatoms. The van der Waals surface area contributed by atoms with Crippen molar-refractivity contribution in [3.63, 3.8) is 0 Å². The molecule has 6 nitrogen and oxygen atoms in total. The van der Waals surface area contributed by atoms with Gasteiger partial charge in [0.15, 0.2) is 0 Å². The Kier molecular flexibility index (Phi) is 4.69. The van der Waals surface area contributed by atoms with Crippen molar-refractivity contribution in [1.29, 1.82) is 0 Å². The second-order valence-electron chi connectivity index (χ2n) is 6.99. The number of amides is 2. The van der Waals surface area contributed by atoms with Gasteiger partial charge in [-0.1, -0.05) is 18.2 Å². The number of benzene rings is 2. The van der Waals surface area contributed by atoms with Crippen molar-refractivity contribution in [2.45, 2.75) is 18.9 Å². The molecular weight excluding hydrogens is 354 g/mol. The van der Waals surface area contributed by atoms with E-state index in [1.54, 1.807) is 37.4 Å². The average Bonchev–Trinajstić information content (AvgIpc) is 2.72. The monoisotopic (exact) mass is 375 g/mol. The molecule has 3 aromatic rings. The van der Waals surface area contributed by atoms with Gasteiger partial charge in [0, 0.05) is 37.3 Å². The summed E-state index contributed by atoms with van der Waals surface area (Å²) in [5.41, 5.74) is 3.31. The number of carbonyl (C=O) groups is 2. The molecule has 1 atom stereocenters. The van der Waals surface area contributed by atoms with E-state index in [2.05, 4.69) is 10.3 Å². The molecule has 2 heterocycles. The van der Waals surface area contributed by atoms with Crippen molar-refractivity contribution in [2.24, 2.45) is 0 Å². The lowest BCUT2D eigenvalue weighted by Crippen LogP contribution is -2.36. The molecule has 1 aliphatic rings. The second kappa shape index (κ2) is 7.31. The highest BCUT2D eigenvalue weighted by atomic mass is 16.5. The van der Waals surface area contributed by atoms with Crippen LogP contribution in [0.4, 0.5) is 5.69 Å². The topological polar surface area (TPSA) is 71.5 Å². The van der Waals surface area contributed by atoms with Crippen molar-refractivity contribution in [1.82, 2.24) is 9.88 Å². The minimum Gasteiger partial charge on any atom is -0.497 e. The first-order chi connectivity index (χ1) is 13.5. The Morgan fingerprint density at radius 1 is 1.25 bits per heavy atom. The summed E-state index contributed by atoms with van der Waals surface area (Å²) in [5.74, 6) is -0.124. The molecule has 2 aromatic carbocycles. The average molecular weight is 375 g/mol. The molecule has 0 spiro atoms. The minimum atomic E-state index is -0.530. The summed E-state index contributed by atoms with van der Waals surface area (Å²) in [7, 11) is 3.34. The van der Waals surface area contributed by atoms with Crippen LogP contribution in [0, 0.1) is 0 Å². The van der Waals surface area contributed by atoms with Gasteiger partial charge in [0.2, 0.25) is 11.8 Å². The van der Waals surface area contributed by atoms with E-state index in [9.17, 15) is 9.59 Å². The van der Waals surface area contributed by atoms with Gasteiger partial charge in [-0.3, -0.25) is 14.6 Å². The van der Waals surface area contributed by atoms with Gasteiger partial charge in [-0.25, -0.2) is 0 Å². The van der Waals surface area contributed by atoms with Crippen molar-refractivity contribution < 1.29 is 14.3 Å². The van der Waals surface area contributed by atoms with Crippen LogP contribution in [-0.2, 0) is 16.1 Å². The van der Waals surface area contributed by atoms with E-state index in [4.69, 9.17) is 4.74 Å². The Bertz CT molecular complexity index is 1060. The van der Waals surface area contributed by atoms with Gasteiger partial charge < -0.3 is 15.0 Å². The van der Waals surface area contributed by atoms with Crippen LogP contribution in [0.2, 0.25) is 0 Å². The third kappa shape index (κ3) is 3.41. The standard InChI is InChI=1S/C22H21N3O3/c1-25(13-14-9-15-5-3-4-6-19(15)23-12-14)22(27)18-11-21(26)24-20-8-7-16(28-2)10-17(18)20/h3-10,12,18H,11,13H2,1-2H3,(H,24,26)/t18-/m0/s1. The molecule has 0 radical (unpaired) electrons. The highest BCUT2D eigenvalue weighted by Gasteiger charge is 2.33. The summed E-state index contributed by atoms with van der Waals surface area (Å²) in [6.07, 6.45) is 1.91. The Balaban J connectivity index is 1.59. The minimum absolute atomic E-state index is 0.0995. The predicted molar refractivity (Wildman–Crippen MR) is 107 cm³/mol. The van der Waals surface area contributed by atoms with Crippen LogP contribution < -0.4 is 10.1 Å². The fourth-order valence-electron chi connectivity index (χ4n) is 3.61. The largest absolute Gasteiger partial charge is 0.497 e. The first-order valence-electron chi connectivity index (χ1n) is 9.11. The van der Waals surface area contributed by atoms with Gasteiger partial charge in [-0.2, -0.15) is 0 Å². The summed E-state index contributed by atoms with van der Waals surface area (Å²) in [6.45, 7) is 0.425. The summed E-state index contributed by atoms with van der Waals surface area (Å²) in [5, 5.41) is 3.86. The van der Waals surface area contributed by atoms with Gasteiger partial charge in [0.1, 0.15) is 5.75 Å². The number of methoxy groups -OCH3 is 1. The number of fused-ring (bicyclic) bond motifs is 2. The molecule has 28 heavy (non-hydrogen) atoms. The number of pyridine rings is 1. The molecule has 0 unspecified atom stereocenters. The number of hydrogen-bond donors (Lipinski definition) is 1. The number of rotatable bonds is 4. The number of anilines is 1. The fraction of sp³-hybridized carbons (Fsp3) is 0.227. The molecule has 142 valence electrons. The molecule has 1 aliphatic heterocycles. The van der Waals surface area contributed by atoms with Crippen LogP contribution in [0.25, 0.3) is 10.9 Å². The lowest BCUT2D eigenvalue weighted by atomic mass is 9.89. The Labute approximate surface area is 163 Å². The maximum atomic E-state index is 13.2. The molecule has 0 bridgehead atoms. The summed E-state index contributed by atoms with van der Waals surface area (Å²) >= 11 is 0. The third-order valence-electron chi connectivity index (χ3n) is 5.04. The van der Waals surface area contributed by atoms with E-state index in [1.807, 2.05) is 36.4 Å². The van der Waals surface area contributed by atoms with E-state index in [0.29, 0.717) is 18.0 Å². The quantitative estimate of drug-likeness (QED) is 0.759. The van der Waals surface area contributed by atoms with Crippen molar-refractivity contribution >= 4 is 28.4 Å². The van der Waals surface area contributed by atoms with Crippen LogP contribution in [0.15, 0.2) is 54.7 Å². The molecular formula is C22H21N3O3. The van der Waals surface area contributed by atoms with Crippen LogP contribution in [0.3, 0.4) is 0 Å². The molecule has 4 rings (SSSR count). The molecule has 0 fully saturated rings. The van der Waals surface area contributed by atoms with Crippen molar-refractivity contribution in [3.05, 3.63) is 65.9 Å². The Hall–Kier alpha value is -3.41. The highest BCUT2D eigenvalue weighted by Crippen LogP contribution is 2.36. The Morgan fingerprint density at radius 2 is 2.07 bits per heavy atom. The van der Waals surface area contributed by atoms with E-state index < -0.39 is 5.92 Å². The number of likely N-dealkylation sites (N-methyl/N-ethyl adjacent to an activating group) is 1. The van der Waals surface area contributed by atoms with E-state index >= 15 is 0 Å². The maximum absolute atomic E-state index is 13.2. The molecule has 1 N–H and O–H groups in total. The number of nitrogens with one attached hydrogen (secondary N) is 1. The van der Waals surface area contributed by atoms with Crippen molar-refractivity contribution in [2.75, 3.05) is 19.5 Å². The second-order valence-corrected chi connectivity index (χ2v) is 6.99. The van der Waals surface area contributed by atoms with Crippen LogP contribution >= 0.6 is 0 Å². The van der Waals surface area contributed by atoms with Crippen molar-refractivity contribution in [3.8, 4) is 5.75 Å². The first-order valence-corrected chi connectivity index (χ1v) is 9.11. The van der Waals surface area contributed by atoms with Gasteiger partial charge in [-0.15, -0.1) is 0 Å². The smallest absolute Gasteiger partial charge is 0.230 e. The van der Waals surface area contributed by atoms with Gasteiger partial charge in [0.05, 0.1) is 18.5 Å². The third-order valence-corrected chi connectivity index (χ3v) is 5.04. The van der Waals surface area contributed by atoms with Gasteiger partial charge in [0.25, 0.3) is 0 Å². The zero-order chi connectivity index (χ0) is 19.7. The van der Waals surface area contributed by atoms with Crippen LogP contribution in [0.5, 0.6) is 5.75 Å². The SMILES string of the molecule is COc1ccc2c(c1)[C@@H](C(=O)N(C)Cc1cnc3ccccc3c1)CC(=O)N2. The summed E-state index contributed by atoms with van der Waals surface area (Å²) in [4.78, 5) is 31.4. The number of hydrogen-bond acceptors (Lipinski definition) is 4. The van der Waals surface area contributed by atoms with Crippen LogP contribution in [0.1, 0.15) is 23.5 Å². The number of aromatic nitrogens is 1. The molecule has 1 aromatic heterocycles. The molecule has 0 saturated heterocycles. The first kappa shape index (κ1) is 18.0. The number of nitrogens with zero attached hydrogens (tertiary/aromatic N) is 2. The van der Waals surface area contributed by atoms with Gasteiger partial charge in [-0.05, 0) is 41.5 Å². The highest BCUT2D eigenvalue weighted by molar-refractivity contribution is 6.01. The number of carbonyl (C=O) groups excluding carboxylic acids is 2. The zero-order valence-corrected chi connectivity index (χ0v) is 15.8. The normalized spacial score (nSPS) is 15.6. The number of ether oxygens (including phenoxy) is 1. The molecule has 2 amide bonds. The van der Waals surface area contributed by atoms with E-state index in [0.717, 1.165) is 22.0 Å². The fourth-order valence-corrected chi connectivity index (χ4v) is 3.61. The van der Waals surface area contributed by atoms with E-state index in [1.165, 1.54) is 0 Å². The maximum Gasteiger partial charge on any atom is 0.230 e. The van der Waals surface area contributed by atoms with Crippen LogP contribution in [-0.4, -0.2) is 35.9 Å². The summed E-state index contributed by atoms with van der Waals surface area (Å²) < 4.78 is 5.29. The molecule has 0 saturated carbocycles. The zero-order valence-electron chi connectivity index (χ0n) is 15.8. The number of para-hydroxylation sites is 1. The molecule has 0 aliphatic carbocycles. The van der Waals surface area contributed by atoms with Gasteiger partial charge >= 0.3 is 0 Å². The lowest BCUT2D eigenvalue weighted by Gasteiger charge is -2.29. The Morgan fingerprint density at radius 3 is 2.89 bits per heavy atom. The summed E-state index contributed by atoms with van der Waals surface area (Å²) in [6, 6.07) is 15.3. The lowest BCUT2D eigenvalue weighted by molar-refractivity contribution is -0.134. The predicted octanol–water partition coefficient (Wildman–Crippen LogP) is 3.33.